The summed E-state index contributed by atoms with van der Waals surface area (Å²) >= 11 is 0. The Hall–Kier alpha value is -3.36. The summed E-state index contributed by atoms with van der Waals surface area (Å²) in [7, 11) is 2.85. The topological polar surface area (TPSA) is 92.8 Å². The molecule has 0 saturated heterocycles. The van der Waals surface area contributed by atoms with E-state index in [1.165, 1.54) is 36.4 Å². The van der Waals surface area contributed by atoms with Crippen LogP contribution in [0.4, 0.5) is 25.4 Å². The van der Waals surface area contributed by atoms with Crippen LogP contribution in [0.2, 0.25) is 0 Å². The Labute approximate surface area is 156 Å². The van der Waals surface area contributed by atoms with Gasteiger partial charge in [0.1, 0.15) is 17.7 Å². The molecule has 2 aromatic rings. The first-order valence-electron chi connectivity index (χ1n) is 8.11. The Bertz CT molecular complexity index is 788. The number of urea groups is 1. The minimum atomic E-state index is -0.572. The van der Waals surface area contributed by atoms with Crippen LogP contribution in [0.15, 0.2) is 42.7 Å². The first-order valence-corrected chi connectivity index (χ1v) is 8.11. The lowest BCUT2D eigenvalue weighted by Gasteiger charge is -2.21. The van der Waals surface area contributed by atoms with Crippen LogP contribution in [0.25, 0.3) is 0 Å². The number of hydrogen-bond acceptors (Lipinski definition) is 5. The van der Waals surface area contributed by atoms with E-state index in [0.717, 1.165) is 0 Å². The molecule has 0 radical (unpaired) electrons. The number of amides is 3. The van der Waals surface area contributed by atoms with Gasteiger partial charge in [-0.05, 0) is 25.1 Å². The number of aromatic nitrogens is 1. The van der Waals surface area contributed by atoms with Crippen molar-refractivity contribution in [2.75, 3.05) is 31.3 Å². The van der Waals surface area contributed by atoms with E-state index in [9.17, 15) is 14.0 Å². The van der Waals surface area contributed by atoms with E-state index in [1.807, 2.05) is 0 Å². The molecule has 2 rings (SSSR count). The van der Waals surface area contributed by atoms with Crippen molar-refractivity contribution < 1.29 is 23.5 Å². The highest BCUT2D eigenvalue weighted by atomic mass is 19.1. The summed E-state index contributed by atoms with van der Waals surface area (Å²) in [6.45, 7) is 1.97. The van der Waals surface area contributed by atoms with Gasteiger partial charge in [0.05, 0.1) is 25.5 Å². The average Bonchev–Trinajstić information content (AvgIpc) is 2.60. The van der Waals surface area contributed by atoms with Crippen molar-refractivity contribution in [3.63, 3.8) is 0 Å². The molecule has 1 atom stereocenters. The molecule has 8 nitrogen and oxygen atoms in total. The van der Waals surface area contributed by atoms with Gasteiger partial charge in [0.25, 0.3) is 0 Å². The smallest absolute Gasteiger partial charge is 0.409 e. The van der Waals surface area contributed by atoms with E-state index in [-0.39, 0.29) is 18.0 Å². The molecule has 144 valence electrons. The highest BCUT2D eigenvalue weighted by molar-refractivity contribution is 5.99. The van der Waals surface area contributed by atoms with Crippen molar-refractivity contribution in [3.8, 4) is 5.75 Å². The number of anilines is 2. The van der Waals surface area contributed by atoms with Crippen molar-refractivity contribution >= 4 is 23.5 Å². The maximum atomic E-state index is 13.9. The van der Waals surface area contributed by atoms with Crippen LogP contribution in [-0.4, -0.2) is 48.8 Å². The lowest BCUT2D eigenvalue weighted by atomic mass is 10.2. The first kappa shape index (κ1) is 20.0. The largest absolute Gasteiger partial charge is 0.489 e. The number of carbonyl (C=O) groups excluding carboxylic acids is 2. The van der Waals surface area contributed by atoms with E-state index >= 15 is 0 Å². The average molecular weight is 376 g/mol. The van der Waals surface area contributed by atoms with Gasteiger partial charge in [0.15, 0.2) is 0 Å². The van der Waals surface area contributed by atoms with Crippen LogP contribution in [0.1, 0.15) is 6.92 Å². The van der Waals surface area contributed by atoms with Crippen molar-refractivity contribution in [1.82, 2.24) is 9.88 Å². The SMILES string of the molecule is COC(=O)N(C)C[C@H](C)Oc1cc(F)cc(NC(=O)Nc2cccnc2)c1. The van der Waals surface area contributed by atoms with Gasteiger partial charge in [0.2, 0.25) is 0 Å². The summed E-state index contributed by atoms with van der Waals surface area (Å²) in [5.74, 6) is -0.352. The lowest BCUT2D eigenvalue weighted by Crippen LogP contribution is -2.35. The maximum absolute atomic E-state index is 13.9. The third-order valence-electron chi connectivity index (χ3n) is 3.40. The molecule has 1 aromatic carbocycles. The molecule has 0 aliphatic carbocycles. The summed E-state index contributed by atoms with van der Waals surface area (Å²) in [4.78, 5) is 28.6. The molecule has 27 heavy (non-hydrogen) atoms. The van der Waals surface area contributed by atoms with Gasteiger partial charge in [0, 0.05) is 31.1 Å². The number of halogens is 1. The number of likely N-dealkylation sites (N-methyl/N-ethyl adjacent to an activating group) is 1. The third-order valence-corrected chi connectivity index (χ3v) is 3.40. The van der Waals surface area contributed by atoms with Crippen molar-refractivity contribution in [2.24, 2.45) is 0 Å². The first-order chi connectivity index (χ1) is 12.9. The molecule has 3 amide bonds. The van der Waals surface area contributed by atoms with Gasteiger partial charge < -0.3 is 25.0 Å². The van der Waals surface area contributed by atoms with E-state index in [4.69, 9.17) is 4.74 Å². The predicted octanol–water partition coefficient (Wildman–Crippen LogP) is 3.33. The highest BCUT2D eigenvalue weighted by Gasteiger charge is 2.14. The fourth-order valence-electron chi connectivity index (χ4n) is 2.32. The fraction of sp³-hybridized carbons (Fsp3) is 0.278. The third kappa shape index (κ3) is 6.46. The molecule has 0 aliphatic heterocycles. The molecule has 0 bridgehead atoms. The monoisotopic (exact) mass is 376 g/mol. The zero-order valence-corrected chi connectivity index (χ0v) is 15.2. The zero-order chi connectivity index (χ0) is 19.8. The molecule has 0 saturated carbocycles. The zero-order valence-electron chi connectivity index (χ0n) is 15.2. The Kier molecular flexibility index (Phi) is 6.93. The molecule has 0 spiro atoms. The van der Waals surface area contributed by atoms with E-state index in [2.05, 4.69) is 20.4 Å². The quantitative estimate of drug-likeness (QED) is 0.807. The number of nitrogens with one attached hydrogen (secondary N) is 2. The van der Waals surface area contributed by atoms with Crippen molar-refractivity contribution in [3.05, 3.63) is 48.5 Å². The van der Waals surface area contributed by atoms with Crippen molar-refractivity contribution in [1.29, 1.82) is 0 Å². The van der Waals surface area contributed by atoms with Gasteiger partial charge in [-0.25, -0.2) is 14.0 Å². The van der Waals surface area contributed by atoms with Crippen LogP contribution in [0, 0.1) is 5.82 Å². The Morgan fingerprint density at radius 3 is 2.67 bits per heavy atom. The fourth-order valence-corrected chi connectivity index (χ4v) is 2.32. The van der Waals surface area contributed by atoms with Crippen LogP contribution in [-0.2, 0) is 4.74 Å². The van der Waals surface area contributed by atoms with Gasteiger partial charge in [-0.3, -0.25) is 4.98 Å². The predicted molar refractivity (Wildman–Crippen MR) is 98.4 cm³/mol. The van der Waals surface area contributed by atoms with Crippen LogP contribution < -0.4 is 15.4 Å². The number of nitrogens with zero attached hydrogens (tertiary/aromatic N) is 2. The van der Waals surface area contributed by atoms with Crippen LogP contribution in [0.3, 0.4) is 0 Å². The van der Waals surface area contributed by atoms with E-state index in [0.29, 0.717) is 5.69 Å². The van der Waals surface area contributed by atoms with Crippen molar-refractivity contribution in [2.45, 2.75) is 13.0 Å². The summed E-state index contributed by atoms with van der Waals surface area (Å²) in [6, 6.07) is 6.65. The lowest BCUT2D eigenvalue weighted by molar-refractivity contribution is 0.110. The van der Waals surface area contributed by atoms with Crippen LogP contribution >= 0.6 is 0 Å². The number of rotatable bonds is 6. The Morgan fingerprint density at radius 2 is 2.00 bits per heavy atom. The number of pyridine rings is 1. The van der Waals surface area contributed by atoms with Gasteiger partial charge >= 0.3 is 12.1 Å². The molecule has 2 N–H and O–H groups in total. The highest BCUT2D eigenvalue weighted by Crippen LogP contribution is 2.22. The summed E-state index contributed by atoms with van der Waals surface area (Å²) in [5.41, 5.74) is 0.724. The second kappa shape index (κ2) is 9.37. The molecule has 0 aliphatic rings. The minimum Gasteiger partial charge on any atom is -0.489 e. The molecule has 9 heteroatoms. The second-order valence-electron chi connectivity index (χ2n) is 5.78. The Morgan fingerprint density at radius 1 is 1.26 bits per heavy atom. The molecule has 1 aromatic heterocycles. The van der Waals surface area contributed by atoms with Gasteiger partial charge in [-0.2, -0.15) is 0 Å². The minimum absolute atomic E-state index is 0.220. The summed E-state index contributed by atoms with van der Waals surface area (Å²) < 4.78 is 24.1. The molecule has 0 fully saturated rings. The van der Waals surface area contributed by atoms with Gasteiger partial charge in [-0.1, -0.05) is 0 Å². The number of hydrogen-bond donors (Lipinski definition) is 2. The molecular weight excluding hydrogens is 355 g/mol. The number of benzene rings is 1. The van der Waals surface area contributed by atoms with E-state index < -0.39 is 24.0 Å². The number of carbonyl (C=O) groups is 2. The Balaban J connectivity index is 1.98. The van der Waals surface area contributed by atoms with Gasteiger partial charge in [-0.15, -0.1) is 0 Å². The van der Waals surface area contributed by atoms with E-state index in [1.54, 1.807) is 32.3 Å². The summed E-state index contributed by atoms with van der Waals surface area (Å²) in [5, 5.41) is 5.11. The number of methoxy groups -OCH3 is 1. The standard InChI is InChI=1S/C18H21FN4O4/c1-12(11-23(2)18(25)26-3)27-16-8-13(19)7-15(9-16)22-17(24)21-14-5-4-6-20-10-14/h4-10,12H,11H2,1-3H3,(H2,21,22,24)/t12-/m0/s1. The molecular formula is C18H21FN4O4. The normalized spacial score (nSPS) is 11.3. The maximum Gasteiger partial charge on any atom is 0.409 e. The molecule has 1 heterocycles. The second-order valence-corrected chi connectivity index (χ2v) is 5.78. The van der Waals surface area contributed by atoms with Crippen LogP contribution in [0.5, 0.6) is 5.75 Å². The number of ether oxygens (including phenoxy) is 2. The summed E-state index contributed by atoms with van der Waals surface area (Å²) in [6.07, 6.45) is 2.14. The molecule has 0 unspecified atom stereocenters.